The zero-order valence-corrected chi connectivity index (χ0v) is 15.6. The van der Waals surface area contributed by atoms with E-state index in [2.05, 4.69) is 15.3 Å². The first kappa shape index (κ1) is 18.2. The van der Waals surface area contributed by atoms with E-state index in [4.69, 9.17) is 10.5 Å². The number of halogens is 1. The number of carbonyl (C=O) groups is 1. The van der Waals surface area contributed by atoms with Crippen LogP contribution in [0.2, 0.25) is 0 Å². The van der Waals surface area contributed by atoms with Gasteiger partial charge in [0.25, 0.3) is 0 Å². The zero-order chi connectivity index (χ0) is 19.5. The van der Waals surface area contributed by atoms with Gasteiger partial charge in [-0.2, -0.15) is 0 Å². The Bertz CT molecular complexity index is 1010. The summed E-state index contributed by atoms with van der Waals surface area (Å²) in [4.78, 5) is 20.2. The Labute approximate surface area is 165 Å². The summed E-state index contributed by atoms with van der Waals surface area (Å²) >= 11 is 1.57. The maximum absolute atomic E-state index is 14.8. The van der Waals surface area contributed by atoms with Crippen LogP contribution in [-0.4, -0.2) is 34.5 Å². The summed E-state index contributed by atoms with van der Waals surface area (Å²) in [6.07, 6.45) is 2.30. The normalized spacial score (nSPS) is 15.9. The molecule has 8 heteroatoms. The van der Waals surface area contributed by atoms with Crippen molar-refractivity contribution in [3.05, 3.63) is 60.7 Å². The Morgan fingerprint density at radius 1 is 1.18 bits per heavy atom. The standard InChI is InChI=1S/C20H17FN4O2S/c21-16-7-12(5-6-15(16)17-9-24-19(22)10-23-17)14-3-1-2-4-18(14)28-11-13-8-25-20(26)27-13/h1-7,9-10,13H,8,11H2,(H2,22,24)(H,25,26). The van der Waals surface area contributed by atoms with Gasteiger partial charge in [-0.1, -0.05) is 24.3 Å². The van der Waals surface area contributed by atoms with Gasteiger partial charge in [-0.3, -0.25) is 4.98 Å². The summed E-state index contributed by atoms with van der Waals surface area (Å²) in [5.41, 5.74) is 8.01. The lowest BCUT2D eigenvalue weighted by Gasteiger charge is -2.12. The maximum atomic E-state index is 14.8. The van der Waals surface area contributed by atoms with Gasteiger partial charge in [0, 0.05) is 16.2 Å². The highest BCUT2D eigenvalue weighted by Crippen LogP contribution is 2.34. The van der Waals surface area contributed by atoms with Gasteiger partial charge in [0.1, 0.15) is 17.7 Å². The zero-order valence-electron chi connectivity index (χ0n) is 14.8. The number of nitrogen functional groups attached to an aromatic ring is 1. The van der Waals surface area contributed by atoms with Crippen LogP contribution in [-0.2, 0) is 4.74 Å². The highest BCUT2D eigenvalue weighted by atomic mass is 32.2. The van der Waals surface area contributed by atoms with Gasteiger partial charge in [0.05, 0.1) is 24.6 Å². The quantitative estimate of drug-likeness (QED) is 0.639. The third kappa shape index (κ3) is 3.91. The van der Waals surface area contributed by atoms with Gasteiger partial charge in [0.15, 0.2) is 0 Å². The predicted octanol–water partition coefficient (Wildman–Crippen LogP) is 3.73. The summed E-state index contributed by atoms with van der Waals surface area (Å²) in [6.45, 7) is 0.500. The Balaban J connectivity index is 1.58. The fourth-order valence-corrected chi connectivity index (χ4v) is 3.97. The number of cyclic esters (lactones) is 1. The third-order valence-electron chi connectivity index (χ3n) is 4.29. The Morgan fingerprint density at radius 2 is 2.04 bits per heavy atom. The van der Waals surface area contributed by atoms with E-state index in [1.54, 1.807) is 17.8 Å². The number of anilines is 1. The number of nitrogens with zero attached hydrogens (tertiary/aromatic N) is 2. The number of ether oxygens (including phenoxy) is 1. The minimum Gasteiger partial charge on any atom is -0.443 e. The predicted molar refractivity (Wildman–Crippen MR) is 106 cm³/mol. The van der Waals surface area contributed by atoms with Crippen molar-refractivity contribution in [2.24, 2.45) is 0 Å². The second kappa shape index (κ2) is 7.85. The number of aromatic nitrogens is 2. The van der Waals surface area contributed by atoms with Gasteiger partial charge < -0.3 is 15.8 Å². The van der Waals surface area contributed by atoms with E-state index in [0.717, 1.165) is 16.0 Å². The van der Waals surface area contributed by atoms with Crippen molar-refractivity contribution >= 4 is 23.7 Å². The van der Waals surface area contributed by atoms with Crippen LogP contribution in [0.4, 0.5) is 15.0 Å². The largest absolute Gasteiger partial charge is 0.443 e. The van der Waals surface area contributed by atoms with Crippen molar-refractivity contribution in [1.29, 1.82) is 0 Å². The van der Waals surface area contributed by atoms with Gasteiger partial charge in [-0.05, 0) is 29.3 Å². The molecule has 142 valence electrons. The van der Waals surface area contributed by atoms with Crippen LogP contribution in [0.1, 0.15) is 0 Å². The summed E-state index contributed by atoms with van der Waals surface area (Å²) in [6, 6.07) is 12.8. The minimum absolute atomic E-state index is 0.172. The molecular formula is C20H17FN4O2S. The SMILES string of the molecule is Nc1cnc(-c2ccc(-c3ccccc3SCC3CNC(=O)O3)cc2F)cn1. The molecule has 0 spiro atoms. The summed E-state index contributed by atoms with van der Waals surface area (Å²) in [5.74, 6) is 0.525. The van der Waals surface area contributed by atoms with Crippen molar-refractivity contribution in [2.75, 3.05) is 18.0 Å². The molecule has 3 N–H and O–H groups in total. The van der Waals surface area contributed by atoms with Crippen LogP contribution in [0.25, 0.3) is 22.4 Å². The van der Waals surface area contributed by atoms with E-state index >= 15 is 0 Å². The van der Waals surface area contributed by atoms with E-state index < -0.39 is 0 Å². The molecular weight excluding hydrogens is 379 g/mol. The first-order valence-corrected chi connectivity index (χ1v) is 9.63. The first-order chi connectivity index (χ1) is 13.6. The van der Waals surface area contributed by atoms with Gasteiger partial charge in [0.2, 0.25) is 0 Å². The van der Waals surface area contributed by atoms with E-state index in [1.807, 2.05) is 30.3 Å². The molecule has 4 rings (SSSR count). The first-order valence-electron chi connectivity index (χ1n) is 8.64. The van der Waals surface area contributed by atoms with Crippen molar-refractivity contribution in [1.82, 2.24) is 15.3 Å². The van der Waals surface area contributed by atoms with E-state index in [1.165, 1.54) is 18.5 Å². The third-order valence-corrected chi connectivity index (χ3v) is 5.49. The molecule has 3 aromatic rings. The molecule has 0 aliphatic carbocycles. The molecule has 1 fully saturated rings. The molecule has 1 unspecified atom stereocenters. The highest BCUT2D eigenvalue weighted by Gasteiger charge is 2.22. The fraction of sp³-hybridized carbons (Fsp3) is 0.150. The molecule has 0 bridgehead atoms. The number of benzene rings is 2. The smallest absolute Gasteiger partial charge is 0.407 e. The lowest BCUT2D eigenvalue weighted by atomic mass is 10.0. The maximum Gasteiger partial charge on any atom is 0.407 e. The van der Waals surface area contributed by atoms with Gasteiger partial charge in [-0.25, -0.2) is 14.2 Å². The van der Waals surface area contributed by atoms with E-state index in [9.17, 15) is 9.18 Å². The number of alkyl carbamates (subject to hydrolysis) is 1. The van der Waals surface area contributed by atoms with E-state index in [-0.39, 0.29) is 23.8 Å². The average molecular weight is 396 g/mol. The van der Waals surface area contributed by atoms with Crippen LogP contribution in [0.5, 0.6) is 0 Å². The molecule has 0 saturated carbocycles. The van der Waals surface area contributed by atoms with Gasteiger partial charge >= 0.3 is 6.09 Å². The van der Waals surface area contributed by atoms with E-state index in [0.29, 0.717) is 23.6 Å². The Hall–Kier alpha value is -3.13. The number of nitrogens with one attached hydrogen (secondary N) is 1. The number of hydrogen-bond donors (Lipinski definition) is 2. The van der Waals surface area contributed by atoms with Crippen molar-refractivity contribution < 1.29 is 13.9 Å². The van der Waals surface area contributed by atoms with Crippen LogP contribution >= 0.6 is 11.8 Å². The molecule has 1 amide bonds. The van der Waals surface area contributed by atoms with Crippen LogP contribution < -0.4 is 11.1 Å². The van der Waals surface area contributed by atoms with Crippen LogP contribution in [0.15, 0.2) is 59.8 Å². The Kier molecular flexibility index (Phi) is 5.12. The lowest BCUT2D eigenvalue weighted by molar-refractivity contribution is 0.150. The number of thioether (sulfide) groups is 1. The van der Waals surface area contributed by atoms with Crippen LogP contribution in [0.3, 0.4) is 0 Å². The number of carbonyl (C=O) groups excluding carboxylic acids is 1. The van der Waals surface area contributed by atoms with Gasteiger partial charge in [-0.15, -0.1) is 11.8 Å². The molecule has 0 radical (unpaired) electrons. The van der Waals surface area contributed by atoms with Crippen molar-refractivity contribution in [3.8, 4) is 22.4 Å². The molecule has 1 aliphatic heterocycles. The summed E-state index contributed by atoms with van der Waals surface area (Å²) in [7, 11) is 0. The lowest BCUT2D eigenvalue weighted by Crippen LogP contribution is -2.16. The van der Waals surface area contributed by atoms with Crippen molar-refractivity contribution in [3.63, 3.8) is 0 Å². The summed E-state index contributed by atoms with van der Waals surface area (Å²) < 4.78 is 19.9. The molecule has 1 aromatic heterocycles. The topological polar surface area (TPSA) is 90.1 Å². The highest BCUT2D eigenvalue weighted by molar-refractivity contribution is 7.99. The molecule has 1 atom stereocenters. The second-order valence-electron chi connectivity index (χ2n) is 6.24. The van der Waals surface area contributed by atoms with Crippen LogP contribution in [0, 0.1) is 5.82 Å². The monoisotopic (exact) mass is 396 g/mol. The average Bonchev–Trinajstić information content (AvgIpc) is 3.13. The number of amides is 1. The molecule has 2 heterocycles. The summed E-state index contributed by atoms with van der Waals surface area (Å²) in [5, 5.41) is 2.64. The Morgan fingerprint density at radius 3 is 2.75 bits per heavy atom. The number of nitrogens with two attached hydrogens (primary N) is 1. The molecule has 1 aliphatic rings. The minimum atomic E-state index is -0.387. The number of hydrogen-bond acceptors (Lipinski definition) is 6. The van der Waals surface area contributed by atoms with Crippen molar-refractivity contribution in [2.45, 2.75) is 11.0 Å². The molecule has 2 aromatic carbocycles. The molecule has 1 saturated heterocycles. The molecule has 28 heavy (non-hydrogen) atoms. The fourth-order valence-electron chi connectivity index (χ4n) is 2.91. The second-order valence-corrected chi connectivity index (χ2v) is 7.30. The number of rotatable bonds is 5. The molecule has 6 nitrogen and oxygen atoms in total.